The number of hydrogen-bond donors (Lipinski definition) is 2. The summed E-state index contributed by atoms with van der Waals surface area (Å²) >= 11 is 3.55. The Morgan fingerprint density at radius 3 is 2.67 bits per heavy atom. The Kier molecular flexibility index (Phi) is 5.46. The zero-order valence-electron chi connectivity index (χ0n) is 17.3. The quantitative estimate of drug-likeness (QED) is 0.242. The number of halogens is 1. The first kappa shape index (κ1) is 21.7. The van der Waals surface area contributed by atoms with Gasteiger partial charge in [-0.05, 0) is 59.9 Å². The van der Waals surface area contributed by atoms with Crippen LogP contribution in [-0.4, -0.2) is 13.3 Å². The van der Waals surface area contributed by atoms with E-state index in [0.29, 0.717) is 0 Å². The number of allylic oxidation sites excluding steroid dienone is 2. The fourth-order valence-electron chi connectivity index (χ4n) is 4.67. The Labute approximate surface area is 199 Å². The molecule has 0 saturated carbocycles. The van der Waals surface area contributed by atoms with Crippen LogP contribution in [0.4, 0.5) is 17.1 Å². The number of nitrogens with zero attached hydrogens (tertiary/aromatic N) is 1. The van der Waals surface area contributed by atoms with Crippen molar-refractivity contribution in [3.05, 3.63) is 105 Å². The average molecular weight is 526 g/mol. The van der Waals surface area contributed by atoms with E-state index in [1.54, 1.807) is 18.2 Å². The van der Waals surface area contributed by atoms with Gasteiger partial charge in [-0.25, -0.2) is 8.42 Å². The SMILES string of the molecule is O=[N+]([O-])c1cccc(NS(=O)(=O)c2ccc3c(c2)[C@H]2C=CC[C@H]2[C@@H](c2cccc(Br)c2)N3)c1. The van der Waals surface area contributed by atoms with Crippen LogP contribution >= 0.6 is 15.9 Å². The Morgan fingerprint density at radius 2 is 1.88 bits per heavy atom. The van der Waals surface area contributed by atoms with Crippen LogP contribution in [0.1, 0.15) is 29.5 Å². The van der Waals surface area contributed by atoms with Gasteiger partial charge in [-0.2, -0.15) is 0 Å². The van der Waals surface area contributed by atoms with Crippen molar-refractivity contribution < 1.29 is 13.3 Å². The number of fused-ring (bicyclic) bond motifs is 3. The van der Waals surface area contributed by atoms with E-state index in [9.17, 15) is 18.5 Å². The van der Waals surface area contributed by atoms with Gasteiger partial charge in [0.15, 0.2) is 0 Å². The third-order valence-electron chi connectivity index (χ3n) is 6.16. The van der Waals surface area contributed by atoms with E-state index >= 15 is 0 Å². The molecule has 0 aromatic heterocycles. The van der Waals surface area contributed by atoms with Crippen LogP contribution in [0.25, 0.3) is 0 Å². The Bertz CT molecular complexity index is 1390. The largest absolute Gasteiger partial charge is 0.378 e. The number of nitrogens with one attached hydrogen (secondary N) is 2. The van der Waals surface area contributed by atoms with Crippen molar-refractivity contribution in [3.63, 3.8) is 0 Å². The van der Waals surface area contributed by atoms with E-state index in [0.717, 1.165) is 22.1 Å². The zero-order valence-corrected chi connectivity index (χ0v) is 19.7. The molecule has 0 saturated heterocycles. The van der Waals surface area contributed by atoms with E-state index < -0.39 is 14.9 Å². The molecule has 5 rings (SSSR count). The van der Waals surface area contributed by atoms with Gasteiger partial charge in [-0.1, -0.05) is 46.3 Å². The van der Waals surface area contributed by atoms with Gasteiger partial charge < -0.3 is 5.32 Å². The number of sulfonamides is 1. The molecule has 0 radical (unpaired) electrons. The number of hydrogen-bond acceptors (Lipinski definition) is 5. The molecule has 7 nitrogen and oxygen atoms in total. The molecule has 3 atom stereocenters. The number of non-ortho nitro benzene ring substituents is 1. The van der Waals surface area contributed by atoms with Crippen molar-refractivity contribution in [1.29, 1.82) is 0 Å². The van der Waals surface area contributed by atoms with Gasteiger partial charge in [0.2, 0.25) is 0 Å². The summed E-state index contributed by atoms with van der Waals surface area (Å²) < 4.78 is 29.6. The Hall–Kier alpha value is -3.17. The van der Waals surface area contributed by atoms with Gasteiger partial charge in [-0.15, -0.1) is 0 Å². The van der Waals surface area contributed by atoms with Crippen molar-refractivity contribution in [2.45, 2.75) is 23.3 Å². The van der Waals surface area contributed by atoms with Crippen molar-refractivity contribution in [1.82, 2.24) is 0 Å². The minimum atomic E-state index is -3.92. The molecule has 1 aliphatic carbocycles. The first-order valence-electron chi connectivity index (χ1n) is 10.4. The molecule has 2 N–H and O–H groups in total. The molecule has 0 unspecified atom stereocenters. The minimum Gasteiger partial charge on any atom is -0.378 e. The lowest BCUT2D eigenvalue weighted by Crippen LogP contribution is -2.29. The lowest BCUT2D eigenvalue weighted by atomic mass is 9.77. The third-order valence-corrected chi connectivity index (χ3v) is 8.03. The number of nitro benzene ring substituents is 1. The van der Waals surface area contributed by atoms with Gasteiger partial charge >= 0.3 is 0 Å². The highest BCUT2D eigenvalue weighted by Crippen LogP contribution is 2.50. The molecule has 1 aliphatic heterocycles. The molecule has 0 bridgehead atoms. The zero-order chi connectivity index (χ0) is 23.2. The van der Waals surface area contributed by atoms with Gasteiger partial charge in [0.1, 0.15) is 0 Å². The summed E-state index contributed by atoms with van der Waals surface area (Å²) in [5.74, 6) is 0.368. The molecule has 0 amide bonds. The lowest BCUT2D eigenvalue weighted by molar-refractivity contribution is -0.384. The monoisotopic (exact) mass is 525 g/mol. The van der Waals surface area contributed by atoms with Crippen LogP contribution in [0.15, 0.2) is 88.3 Å². The number of benzene rings is 3. The fourth-order valence-corrected chi connectivity index (χ4v) is 6.17. The van der Waals surface area contributed by atoms with Gasteiger partial charge in [0.05, 0.1) is 21.5 Å². The molecule has 0 spiro atoms. The van der Waals surface area contributed by atoms with Crippen LogP contribution in [0.3, 0.4) is 0 Å². The first-order chi connectivity index (χ1) is 15.8. The van der Waals surface area contributed by atoms with Crippen LogP contribution in [-0.2, 0) is 10.0 Å². The van der Waals surface area contributed by atoms with Crippen LogP contribution < -0.4 is 10.0 Å². The summed E-state index contributed by atoms with van der Waals surface area (Å²) in [5, 5.41) is 14.6. The Morgan fingerprint density at radius 1 is 1.06 bits per heavy atom. The molecule has 9 heteroatoms. The van der Waals surface area contributed by atoms with Gasteiger partial charge in [0.25, 0.3) is 15.7 Å². The number of nitro groups is 1. The Balaban J connectivity index is 1.48. The summed E-state index contributed by atoms with van der Waals surface area (Å²) in [6.07, 6.45) is 5.20. The molecule has 33 heavy (non-hydrogen) atoms. The highest BCUT2D eigenvalue weighted by molar-refractivity contribution is 9.10. The van der Waals surface area contributed by atoms with Crippen molar-refractivity contribution >= 4 is 43.0 Å². The summed E-state index contributed by atoms with van der Waals surface area (Å²) in [7, 11) is -3.92. The smallest absolute Gasteiger partial charge is 0.271 e. The predicted molar refractivity (Wildman–Crippen MR) is 131 cm³/mol. The topological polar surface area (TPSA) is 101 Å². The second-order valence-electron chi connectivity index (χ2n) is 8.19. The minimum absolute atomic E-state index is 0.0956. The van der Waals surface area contributed by atoms with E-state index in [4.69, 9.17) is 0 Å². The van der Waals surface area contributed by atoms with E-state index in [1.165, 1.54) is 29.8 Å². The van der Waals surface area contributed by atoms with E-state index in [-0.39, 0.29) is 34.1 Å². The molecular formula is C24H20BrN3O4S. The number of rotatable bonds is 5. The summed E-state index contributed by atoms with van der Waals surface area (Å²) in [6, 6.07) is 18.8. The second kappa shape index (κ2) is 8.31. The normalized spacial score (nSPS) is 21.1. The molecular weight excluding hydrogens is 506 g/mol. The first-order valence-corrected chi connectivity index (χ1v) is 12.7. The average Bonchev–Trinajstić information content (AvgIpc) is 3.28. The summed E-state index contributed by atoms with van der Waals surface area (Å²) in [6.45, 7) is 0. The van der Waals surface area contributed by atoms with Crippen LogP contribution in [0.2, 0.25) is 0 Å². The molecule has 2 aliphatic rings. The molecule has 0 fully saturated rings. The van der Waals surface area contributed by atoms with Crippen LogP contribution in [0, 0.1) is 16.0 Å². The maximum absolute atomic E-state index is 13.1. The molecule has 168 valence electrons. The number of anilines is 2. The maximum Gasteiger partial charge on any atom is 0.271 e. The molecule has 3 aromatic rings. The van der Waals surface area contributed by atoms with Crippen molar-refractivity contribution in [2.75, 3.05) is 10.0 Å². The summed E-state index contributed by atoms with van der Waals surface area (Å²) in [5.41, 5.74) is 2.98. The van der Waals surface area contributed by atoms with E-state index in [1.807, 2.05) is 12.1 Å². The second-order valence-corrected chi connectivity index (χ2v) is 10.8. The maximum atomic E-state index is 13.1. The van der Waals surface area contributed by atoms with Gasteiger partial charge in [-0.3, -0.25) is 14.8 Å². The fraction of sp³-hybridized carbons (Fsp3) is 0.167. The van der Waals surface area contributed by atoms with Crippen molar-refractivity contribution in [3.8, 4) is 0 Å². The third kappa shape index (κ3) is 4.14. The highest BCUT2D eigenvalue weighted by Gasteiger charge is 2.38. The summed E-state index contributed by atoms with van der Waals surface area (Å²) in [4.78, 5) is 10.6. The van der Waals surface area contributed by atoms with Crippen molar-refractivity contribution in [2.24, 2.45) is 5.92 Å². The van der Waals surface area contributed by atoms with Crippen LogP contribution in [0.5, 0.6) is 0 Å². The molecule has 3 aromatic carbocycles. The van der Waals surface area contributed by atoms with Gasteiger partial charge in [0, 0.05) is 28.2 Å². The molecule has 1 heterocycles. The standard InChI is InChI=1S/C24H20BrN3O4S/c25-16-5-1-4-15(12-16)24-21-9-3-8-20(21)22-14-19(10-11-23(22)26-24)33(31,32)27-17-6-2-7-18(13-17)28(29)30/h1-8,10-14,20-21,24,26-27H,9H2/t20-,21+,24+/m0/s1. The highest BCUT2D eigenvalue weighted by atomic mass is 79.9. The predicted octanol–water partition coefficient (Wildman–Crippen LogP) is 5.98. The lowest BCUT2D eigenvalue weighted by Gasteiger charge is -2.37. The van der Waals surface area contributed by atoms with E-state index in [2.05, 4.69) is 50.3 Å².